The average Bonchev–Trinajstić information content (AvgIpc) is 2.52. The van der Waals surface area contributed by atoms with Crippen molar-refractivity contribution in [3.05, 3.63) is 17.3 Å². The monoisotopic (exact) mass is 233 g/mol. The fourth-order valence-corrected chi connectivity index (χ4v) is 2.19. The summed E-state index contributed by atoms with van der Waals surface area (Å²) in [6.07, 6.45) is 2.93. The van der Waals surface area contributed by atoms with Crippen LogP contribution in [0.4, 0.5) is 5.82 Å². The second-order valence-corrected chi connectivity index (χ2v) is 5.66. The average molecular weight is 233 g/mol. The topological polar surface area (TPSA) is 46.9 Å². The molecule has 1 atom stereocenters. The highest BCUT2D eigenvalue weighted by molar-refractivity contribution is 6.10. The van der Waals surface area contributed by atoms with E-state index in [2.05, 4.69) is 31.2 Å². The fourth-order valence-electron chi connectivity index (χ4n) is 2.19. The van der Waals surface area contributed by atoms with Crippen LogP contribution in [0.5, 0.6) is 0 Å². The number of hydrogen-bond acceptors (Lipinski definition) is 3. The van der Waals surface area contributed by atoms with E-state index in [1.54, 1.807) is 4.68 Å². The van der Waals surface area contributed by atoms with E-state index in [1.165, 1.54) is 0 Å². The van der Waals surface area contributed by atoms with Gasteiger partial charge in [-0.15, -0.1) is 0 Å². The van der Waals surface area contributed by atoms with Gasteiger partial charge in [0.25, 0.3) is 0 Å². The van der Waals surface area contributed by atoms with E-state index in [-0.39, 0.29) is 11.5 Å². The van der Waals surface area contributed by atoms with Gasteiger partial charge in [-0.2, -0.15) is 5.10 Å². The molecular weight excluding hydrogens is 214 g/mol. The van der Waals surface area contributed by atoms with Gasteiger partial charge in [0.1, 0.15) is 5.82 Å². The first kappa shape index (κ1) is 11.9. The first-order valence-corrected chi connectivity index (χ1v) is 5.82. The summed E-state index contributed by atoms with van der Waals surface area (Å²) in [5, 5.41) is 7.82. The number of carbonyl (C=O) groups excluding carboxylic acids is 1. The zero-order valence-corrected chi connectivity index (χ0v) is 11.0. The number of nitrogens with zero attached hydrogens (tertiary/aromatic N) is 2. The van der Waals surface area contributed by atoms with Gasteiger partial charge in [-0.1, -0.05) is 26.8 Å². The second kappa shape index (κ2) is 3.72. The molecule has 1 N–H and O–H groups in total. The summed E-state index contributed by atoms with van der Waals surface area (Å²) in [5.41, 5.74) is 2.62. The summed E-state index contributed by atoms with van der Waals surface area (Å²) in [5.74, 6) is 0.937. The number of rotatable bonds is 1. The van der Waals surface area contributed by atoms with Gasteiger partial charge in [-0.05, 0) is 12.3 Å². The van der Waals surface area contributed by atoms with Gasteiger partial charge in [0.15, 0.2) is 6.29 Å². The van der Waals surface area contributed by atoms with Crippen molar-refractivity contribution in [2.75, 3.05) is 5.32 Å². The molecule has 0 amide bonds. The van der Waals surface area contributed by atoms with Crippen molar-refractivity contribution in [2.45, 2.75) is 33.7 Å². The summed E-state index contributed by atoms with van der Waals surface area (Å²) >= 11 is 0. The molecular formula is C13H19N3O. The number of aldehydes is 1. The summed E-state index contributed by atoms with van der Waals surface area (Å²) in [6.45, 7) is 8.38. The molecule has 4 heteroatoms. The zero-order valence-electron chi connectivity index (χ0n) is 11.0. The summed E-state index contributed by atoms with van der Waals surface area (Å²) in [7, 11) is 1.90. The minimum atomic E-state index is 0.0596. The highest BCUT2D eigenvalue weighted by Gasteiger charge is 2.30. The van der Waals surface area contributed by atoms with E-state index in [9.17, 15) is 4.79 Å². The fraction of sp³-hybridized carbons (Fsp3) is 0.538. The van der Waals surface area contributed by atoms with Crippen molar-refractivity contribution in [2.24, 2.45) is 12.5 Å². The SMILES string of the molecule is Cc1nn(C)c2c1C(C=O)=CC(C(C)(C)C)N2. The highest BCUT2D eigenvalue weighted by Crippen LogP contribution is 2.35. The molecule has 17 heavy (non-hydrogen) atoms. The zero-order chi connectivity index (χ0) is 12.8. The Kier molecular flexibility index (Phi) is 2.60. The molecule has 0 saturated heterocycles. The maximum atomic E-state index is 11.2. The first-order chi connectivity index (χ1) is 7.84. The number of carbonyl (C=O) groups is 1. The van der Waals surface area contributed by atoms with Crippen LogP contribution in [0.15, 0.2) is 6.08 Å². The molecule has 0 aromatic carbocycles. The van der Waals surface area contributed by atoms with Crippen LogP contribution >= 0.6 is 0 Å². The van der Waals surface area contributed by atoms with Crippen LogP contribution in [0.3, 0.4) is 0 Å². The van der Waals surface area contributed by atoms with Crippen LogP contribution in [-0.4, -0.2) is 22.1 Å². The maximum Gasteiger partial charge on any atom is 0.150 e. The molecule has 1 aliphatic rings. The predicted molar refractivity (Wildman–Crippen MR) is 68.9 cm³/mol. The lowest BCUT2D eigenvalue weighted by Crippen LogP contribution is -2.35. The van der Waals surface area contributed by atoms with Gasteiger partial charge in [0, 0.05) is 18.2 Å². The Morgan fingerprint density at radius 1 is 1.47 bits per heavy atom. The van der Waals surface area contributed by atoms with E-state index in [0.29, 0.717) is 0 Å². The number of allylic oxidation sites excluding steroid dienone is 1. The van der Waals surface area contributed by atoms with E-state index in [4.69, 9.17) is 0 Å². The smallest absolute Gasteiger partial charge is 0.150 e. The molecule has 0 aliphatic carbocycles. The molecule has 1 aromatic rings. The molecule has 92 valence electrons. The molecule has 2 heterocycles. The van der Waals surface area contributed by atoms with Gasteiger partial charge in [-0.25, -0.2) is 0 Å². The number of aryl methyl sites for hydroxylation is 2. The Morgan fingerprint density at radius 2 is 2.12 bits per heavy atom. The molecule has 1 aromatic heterocycles. The predicted octanol–water partition coefficient (Wildman–Crippen LogP) is 2.15. The van der Waals surface area contributed by atoms with Crippen molar-refractivity contribution < 1.29 is 4.79 Å². The Hall–Kier alpha value is -1.58. The Balaban J connectivity index is 2.56. The molecule has 4 nitrogen and oxygen atoms in total. The second-order valence-electron chi connectivity index (χ2n) is 5.66. The lowest BCUT2D eigenvalue weighted by molar-refractivity contribution is -0.103. The summed E-state index contributed by atoms with van der Waals surface area (Å²) < 4.78 is 1.81. The van der Waals surface area contributed by atoms with E-state index in [0.717, 1.165) is 28.9 Å². The van der Waals surface area contributed by atoms with Gasteiger partial charge >= 0.3 is 0 Å². The lowest BCUT2D eigenvalue weighted by atomic mass is 9.83. The molecule has 0 saturated carbocycles. The molecule has 1 unspecified atom stereocenters. The van der Waals surface area contributed by atoms with Crippen LogP contribution in [0.25, 0.3) is 5.57 Å². The number of hydrogen-bond donors (Lipinski definition) is 1. The van der Waals surface area contributed by atoms with Crippen molar-refractivity contribution in [1.82, 2.24) is 9.78 Å². The van der Waals surface area contributed by atoms with E-state index >= 15 is 0 Å². The van der Waals surface area contributed by atoms with Gasteiger partial charge < -0.3 is 5.32 Å². The minimum Gasteiger partial charge on any atom is -0.363 e. The summed E-state index contributed by atoms with van der Waals surface area (Å²) in [4.78, 5) is 11.2. The number of nitrogens with one attached hydrogen (secondary N) is 1. The molecule has 0 fully saturated rings. The molecule has 1 aliphatic heterocycles. The lowest BCUT2D eigenvalue weighted by Gasteiger charge is -2.33. The minimum absolute atomic E-state index is 0.0596. The molecule has 0 radical (unpaired) electrons. The van der Waals surface area contributed by atoms with Crippen LogP contribution < -0.4 is 5.32 Å². The largest absolute Gasteiger partial charge is 0.363 e. The van der Waals surface area contributed by atoms with E-state index < -0.39 is 0 Å². The molecule has 0 spiro atoms. The van der Waals surface area contributed by atoms with Crippen LogP contribution in [0.1, 0.15) is 32.0 Å². The highest BCUT2D eigenvalue weighted by atomic mass is 16.1. The van der Waals surface area contributed by atoms with Crippen LogP contribution in [0, 0.1) is 12.3 Å². The van der Waals surface area contributed by atoms with Gasteiger partial charge in [0.05, 0.1) is 11.7 Å². The third kappa shape index (κ3) is 1.88. The van der Waals surface area contributed by atoms with Gasteiger partial charge in [-0.3, -0.25) is 9.48 Å². The van der Waals surface area contributed by atoms with Crippen molar-refractivity contribution in [3.63, 3.8) is 0 Å². The Labute approximate surface area is 102 Å². The van der Waals surface area contributed by atoms with Crippen LogP contribution in [0.2, 0.25) is 0 Å². The van der Waals surface area contributed by atoms with Gasteiger partial charge in [0.2, 0.25) is 0 Å². The number of fused-ring (bicyclic) bond motifs is 1. The maximum absolute atomic E-state index is 11.2. The van der Waals surface area contributed by atoms with Crippen molar-refractivity contribution >= 4 is 17.7 Å². The number of anilines is 1. The van der Waals surface area contributed by atoms with Crippen LogP contribution in [-0.2, 0) is 11.8 Å². The quantitative estimate of drug-likeness (QED) is 0.756. The number of aromatic nitrogens is 2. The first-order valence-electron chi connectivity index (χ1n) is 5.82. The van der Waals surface area contributed by atoms with Crippen molar-refractivity contribution in [3.8, 4) is 0 Å². The Morgan fingerprint density at radius 3 is 2.65 bits per heavy atom. The summed E-state index contributed by atoms with van der Waals surface area (Å²) in [6, 6.07) is 0.144. The molecule has 0 bridgehead atoms. The third-order valence-corrected chi connectivity index (χ3v) is 3.21. The molecule has 2 rings (SSSR count). The van der Waals surface area contributed by atoms with Crippen molar-refractivity contribution in [1.29, 1.82) is 0 Å². The Bertz CT molecular complexity index is 491. The van der Waals surface area contributed by atoms with E-state index in [1.807, 2.05) is 20.0 Å². The third-order valence-electron chi connectivity index (χ3n) is 3.21. The normalized spacial score (nSPS) is 19.4. The standard InChI is InChI=1S/C13H19N3O/c1-8-11-9(7-17)6-10(13(2,3)4)14-12(11)16(5)15-8/h6-7,10,14H,1-5H3.